The highest BCUT2D eigenvalue weighted by molar-refractivity contribution is 7.98. The second-order valence-electron chi connectivity index (χ2n) is 16.2. The van der Waals surface area contributed by atoms with Crippen LogP contribution in [0.5, 0.6) is 11.5 Å². The molecule has 4 aliphatic rings. The van der Waals surface area contributed by atoms with E-state index in [9.17, 15) is 24.8 Å². The van der Waals surface area contributed by atoms with Crippen LogP contribution in [0.2, 0.25) is 0 Å². The van der Waals surface area contributed by atoms with Crippen LogP contribution in [0, 0.1) is 23.0 Å². The molecule has 1 spiro atoms. The van der Waals surface area contributed by atoms with Crippen molar-refractivity contribution in [2.24, 2.45) is 7.05 Å². The average molecular weight is 855 g/mol. The van der Waals surface area contributed by atoms with Crippen molar-refractivity contribution in [2.75, 3.05) is 56.1 Å². The molecule has 318 valence electrons. The highest BCUT2D eigenvalue weighted by Crippen LogP contribution is 2.46. The van der Waals surface area contributed by atoms with E-state index in [4.69, 9.17) is 9.47 Å². The van der Waals surface area contributed by atoms with Crippen molar-refractivity contribution in [1.29, 1.82) is 5.26 Å². The largest absolute Gasteiger partial charge is 0.453 e. The highest BCUT2D eigenvalue weighted by Gasteiger charge is 2.46. The molecule has 3 N–H and O–H groups in total. The van der Waals surface area contributed by atoms with Crippen LogP contribution < -0.4 is 25.2 Å². The molecule has 3 aromatic carbocycles. The molecule has 5 aromatic rings. The third-order valence-corrected chi connectivity index (χ3v) is 13.3. The number of aliphatic hydroxyl groups excluding tert-OH is 1. The number of fused-ring (bicyclic) bond motifs is 2. The van der Waals surface area contributed by atoms with Crippen LogP contribution in [0.15, 0.2) is 53.6 Å². The number of likely N-dealkylation sites (N-methyl/N-ethyl adjacent to an activating group) is 1. The predicted molar refractivity (Wildman–Crippen MR) is 223 cm³/mol. The van der Waals surface area contributed by atoms with Crippen molar-refractivity contribution in [2.45, 2.75) is 62.1 Å². The third-order valence-electron chi connectivity index (χ3n) is 12.5. The SMILES string of the molecule is CN(CCO)SNc1ccc(F)c(Oc2ccc3ncn(C4COC5(CCN(C6CC(c7cc8c(cc7F)c(N7CCC(=O)NC7=O)nn8C)C6)CC5)C4)c(=O)c3c2)c1C#N. The number of ether oxygens (including phenoxy) is 2. The summed E-state index contributed by atoms with van der Waals surface area (Å²) in [5.74, 6) is -1.15. The van der Waals surface area contributed by atoms with Crippen molar-refractivity contribution >= 4 is 57.4 Å². The molecule has 3 saturated heterocycles. The van der Waals surface area contributed by atoms with Gasteiger partial charge in [0.05, 0.1) is 53.3 Å². The van der Waals surface area contributed by atoms with Gasteiger partial charge in [-0.3, -0.25) is 29.1 Å². The number of nitrogens with zero attached hydrogens (tertiary/aromatic N) is 8. The number of benzene rings is 3. The Morgan fingerprint density at radius 3 is 2.64 bits per heavy atom. The lowest BCUT2D eigenvalue weighted by Gasteiger charge is -2.48. The van der Waals surface area contributed by atoms with E-state index in [0.717, 1.165) is 56.4 Å². The maximum Gasteiger partial charge on any atom is 0.329 e. The van der Waals surface area contributed by atoms with E-state index in [0.29, 0.717) is 53.6 Å². The lowest BCUT2D eigenvalue weighted by Crippen LogP contribution is -2.51. The van der Waals surface area contributed by atoms with E-state index < -0.39 is 11.8 Å². The number of urea groups is 1. The van der Waals surface area contributed by atoms with Gasteiger partial charge in [-0.05, 0) is 93.1 Å². The molecule has 1 saturated carbocycles. The fourth-order valence-corrected chi connectivity index (χ4v) is 9.66. The first kappa shape index (κ1) is 40.7. The number of amides is 3. The first-order chi connectivity index (χ1) is 29.4. The van der Waals surface area contributed by atoms with Gasteiger partial charge in [-0.25, -0.2) is 22.9 Å². The van der Waals surface area contributed by atoms with Crippen molar-refractivity contribution in [3.63, 3.8) is 0 Å². The summed E-state index contributed by atoms with van der Waals surface area (Å²) in [5.41, 5.74) is 1.42. The fourth-order valence-electron chi connectivity index (χ4n) is 9.06. The zero-order chi connectivity index (χ0) is 42.6. The Morgan fingerprint density at radius 1 is 1.08 bits per heavy atom. The lowest BCUT2D eigenvalue weighted by molar-refractivity contribution is -0.120. The van der Waals surface area contributed by atoms with Crippen LogP contribution in [0.3, 0.4) is 0 Å². The van der Waals surface area contributed by atoms with Crippen LogP contribution in [0.4, 0.5) is 25.1 Å². The zero-order valence-corrected chi connectivity index (χ0v) is 34.4. The van der Waals surface area contributed by atoms with Gasteiger partial charge in [-0.1, -0.05) is 0 Å². The summed E-state index contributed by atoms with van der Waals surface area (Å²) >= 11 is 1.14. The minimum atomic E-state index is -0.741. The van der Waals surface area contributed by atoms with Gasteiger partial charge in [0.25, 0.3) is 5.56 Å². The first-order valence-electron chi connectivity index (χ1n) is 20.3. The number of aromatic nitrogens is 4. The molecule has 1 atom stereocenters. The summed E-state index contributed by atoms with van der Waals surface area (Å²) in [6, 6.07) is 12.2. The van der Waals surface area contributed by atoms with Gasteiger partial charge >= 0.3 is 6.03 Å². The lowest BCUT2D eigenvalue weighted by atomic mass is 9.73. The summed E-state index contributed by atoms with van der Waals surface area (Å²) < 4.78 is 51.2. The van der Waals surface area contributed by atoms with Crippen LogP contribution in [0.25, 0.3) is 21.8 Å². The van der Waals surface area contributed by atoms with Crippen molar-refractivity contribution in [1.82, 2.24) is 33.9 Å². The molecule has 19 heteroatoms. The Bertz CT molecular complexity index is 2660. The second-order valence-corrected chi connectivity index (χ2v) is 17.2. The molecule has 3 amide bonds. The Balaban J connectivity index is 0.833. The minimum absolute atomic E-state index is 0.0497. The zero-order valence-electron chi connectivity index (χ0n) is 33.6. The molecular weight excluding hydrogens is 811 g/mol. The van der Waals surface area contributed by atoms with Crippen LogP contribution in [0.1, 0.15) is 61.6 Å². The Kier molecular flexibility index (Phi) is 10.9. The number of hydrogen-bond acceptors (Lipinski definition) is 13. The number of aliphatic hydroxyl groups is 1. The minimum Gasteiger partial charge on any atom is -0.453 e. The number of piperidine rings is 1. The van der Waals surface area contributed by atoms with Crippen LogP contribution >= 0.6 is 12.1 Å². The summed E-state index contributed by atoms with van der Waals surface area (Å²) in [5, 5.41) is 26.7. The van der Waals surface area contributed by atoms with Crippen molar-refractivity contribution < 1.29 is 33.0 Å². The van der Waals surface area contributed by atoms with Gasteiger partial charge in [0.15, 0.2) is 17.4 Å². The molecule has 4 fully saturated rings. The van der Waals surface area contributed by atoms with E-state index in [1.54, 1.807) is 46.1 Å². The van der Waals surface area contributed by atoms with Gasteiger partial charge < -0.3 is 24.2 Å². The maximum atomic E-state index is 15.7. The molecule has 5 heterocycles. The number of carbonyl (C=O) groups is 2. The second kappa shape index (κ2) is 16.3. The number of imide groups is 1. The van der Waals surface area contributed by atoms with Gasteiger partial charge in [-0.2, -0.15) is 10.4 Å². The fraction of sp³-hybridized carbons (Fsp3) is 0.429. The maximum absolute atomic E-state index is 15.7. The Hall–Kier alpha value is -5.65. The van der Waals surface area contributed by atoms with E-state index in [-0.39, 0.29) is 76.9 Å². The quantitative estimate of drug-likeness (QED) is 0.146. The molecular formula is C42H44F2N10O6S. The molecule has 1 aliphatic carbocycles. The van der Waals surface area contributed by atoms with Gasteiger partial charge in [0, 0.05) is 63.2 Å². The smallest absolute Gasteiger partial charge is 0.329 e. The summed E-state index contributed by atoms with van der Waals surface area (Å²) in [4.78, 5) is 46.5. The molecule has 3 aliphatic heterocycles. The van der Waals surface area contributed by atoms with E-state index >= 15 is 8.78 Å². The van der Waals surface area contributed by atoms with Crippen molar-refractivity contribution in [3.05, 3.63) is 81.9 Å². The summed E-state index contributed by atoms with van der Waals surface area (Å²) in [6.07, 6.45) is 5.57. The number of halogens is 2. The standard InChI is InChI=1S/C42H44F2N10O6S/c1-50(13-14-55)61-49-35-6-4-32(43)38(31(35)21-45)60-27-3-5-34-29(17-27)40(57)54(23-46-34)26-20-42(59-22-26)8-11-52(12-9-42)25-15-24(16-25)28-19-36-30(18-33(28)44)39(48-51(36)2)53-10-7-37(56)47-41(53)58/h3-6,17-19,23-26,49,55H,7-16,20,22H2,1-2H3,(H,47,56,58). The van der Waals surface area contributed by atoms with Gasteiger partial charge in [0.2, 0.25) is 5.91 Å². The monoisotopic (exact) mass is 854 g/mol. The molecule has 0 bridgehead atoms. The molecule has 61 heavy (non-hydrogen) atoms. The van der Waals surface area contributed by atoms with Crippen LogP contribution in [-0.4, -0.2) is 104 Å². The molecule has 0 radical (unpaired) electrons. The Morgan fingerprint density at radius 2 is 1.89 bits per heavy atom. The van der Waals surface area contributed by atoms with E-state index in [1.165, 1.54) is 29.2 Å². The number of rotatable bonds is 11. The first-order valence-corrected chi connectivity index (χ1v) is 21.0. The predicted octanol–water partition coefficient (Wildman–Crippen LogP) is 5.31. The number of carbonyl (C=O) groups excluding carboxylic acids is 2. The number of hydrogen-bond donors (Lipinski definition) is 3. The van der Waals surface area contributed by atoms with Crippen molar-refractivity contribution in [3.8, 4) is 17.6 Å². The normalized spacial score (nSPS) is 21.6. The van der Waals surface area contributed by atoms with Crippen LogP contribution in [-0.2, 0) is 16.6 Å². The topological polar surface area (TPSA) is 183 Å². The van der Waals surface area contributed by atoms with E-state index in [1.807, 2.05) is 12.1 Å². The number of anilines is 2. The molecule has 9 rings (SSSR count). The number of aryl methyl sites for hydroxylation is 1. The van der Waals surface area contributed by atoms with E-state index in [2.05, 4.69) is 25.0 Å². The highest BCUT2D eigenvalue weighted by atomic mass is 32.2. The Labute approximate surface area is 353 Å². The number of likely N-dealkylation sites (tertiary alicyclic amines) is 1. The third kappa shape index (κ3) is 7.67. The van der Waals surface area contributed by atoms with Gasteiger partial charge in [-0.15, -0.1) is 0 Å². The average Bonchev–Trinajstić information content (AvgIpc) is 3.78. The van der Waals surface area contributed by atoms with Gasteiger partial charge in [0.1, 0.15) is 23.2 Å². The number of nitriles is 1. The summed E-state index contributed by atoms with van der Waals surface area (Å²) in [7, 11) is 3.52. The summed E-state index contributed by atoms with van der Waals surface area (Å²) in [6.45, 7) is 2.49. The molecule has 2 aromatic heterocycles. The number of nitrogens with one attached hydrogen (secondary N) is 2. The molecule has 1 unspecified atom stereocenters. The molecule has 16 nitrogen and oxygen atoms in total.